The molecule has 0 atom stereocenters. The van der Waals surface area contributed by atoms with Crippen molar-refractivity contribution in [1.82, 2.24) is 5.32 Å². The lowest BCUT2D eigenvalue weighted by Gasteiger charge is -2.26. The number of hydrogen-bond acceptors (Lipinski definition) is 6. The van der Waals surface area contributed by atoms with Crippen LogP contribution in [0.25, 0.3) is 0 Å². The summed E-state index contributed by atoms with van der Waals surface area (Å²) < 4.78 is 16.9. The van der Waals surface area contributed by atoms with E-state index in [1.54, 1.807) is 0 Å². The molecule has 0 aliphatic carbocycles. The molecule has 1 aliphatic rings. The van der Waals surface area contributed by atoms with Gasteiger partial charge in [-0.3, -0.25) is 9.59 Å². The second kappa shape index (κ2) is 41.6. The van der Waals surface area contributed by atoms with Crippen molar-refractivity contribution in [2.45, 2.75) is 265 Å². The van der Waals surface area contributed by atoms with Crippen molar-refractivity contribution in [2.24, 2.45) is 17.8 Å². The summed E-state index contributed by atoms with van der Waals surface area (Å²) in [5, 5.41) is 3.98. The van der Waals surface area contributed by atoms with E-state index in [1.807, 2.05) is 0 Å². The Morgan fingerprint density at radius 1 is 0.474 bits per heavy atom. The number of ether oxygens (including phenoxy) is 3. The summed E-state index contributed by atoms with van der Waals surface area (Å²) >= 11 is 0. The van der Waals surface area contributed by atoms with Crippen LogP contribution in [0.15, 0.2) is 0 Å². The number of rotatable bonds is 43. The van der Waals surface area contributed by atoms with Crippen LogP contribution in [-0.2, 0) is 23.8 Å². The Labute approximate surface area is 355 Å². The van der Waals surface area contributed by atoms with Crippen LogP contribution in [0.5, 0.6) is 0 Å². The van der Waals surface area contributed by atoms with E-state index >= 15 is 0 Å². The largest absolute Gasteiger partial charge is 0.466 e. The number of unbranched alkanes of at least 4 members (excludes halogenated alkanes) is 18. The van der Waals surface area contributed by atoms with E-state index in [9.17, 15) is 9.59 Å². The zero-order valence-electron chi connectivity index (χ0n) is 38.8. The van der Waals surface area contributed by atoms with Gasteiger partial charge in [0, 0.05) is 32.1 Å². The third-order valence-electron chi connectivity index (χ3n) is 12.8. The normalized spacial score (nSPS) is 13.7. The zero-order chi connectivity index (χ0) is 41.3. The average Bonchev–Trinajstić information content (AvgIpc) is 3.21. The number of carbonyl (C=O) groups excluding carboxylic acids is 2. The Hall–Kier alpha value is -1.14. The first-order valence-electron chi connectivity index (χ1n) is 25.6. The summed E-state index contributed by atoms with van der Waals surface area (Å²) in [4.78, 5) is 24.8. The molecule has 0 spiro atoms. The first-order valence-corrected chi connectivity index (χ1v) is 25.6. The number of nitrogens with one attached hydrogen (secondary N) is 1. The summed E-state index contributed by atoms with van der Waals surface area (Å²) in [7, 11) is 0. The van der Waals surface area contributed by atoms with E-state index < -0.39 is 0 Å². The highest BCUT2D eigenvalue weighted by atomic mass is 16.5. The predicted molar refractivity (Wildman–Crippen MR) is 244 cm³/mol. The maximum atomic E-state index is 12.4. The molecule has 0 radical (unpaired) electrons. The van der Waals surface area contributed by atoms with Crippen LogP contribution >= 0.6 is 0 Å². The summed E-state index contributed by atoms with van der Waals surface area (Å²) in [6.45, 7) is 13.3. The molecule has 1 heterocycles. The fourth-order valence-electron chi connectivity index (χ4n) is 8.79. The molecule has 57 heavy (non-hydrogen) atoms. The lowest BCUT2D eigenvalue weighted by Crippen LogP contribution is -2.35. The Kier molecular flexibility index (Phi) is 39.3. The summed E-state index contributed by atoms with van der Waals surface area (Å²) in [5.41, 5.74) is 0. The van der Waals surface area contributed by atoms with Gasteiger partial charge in [0.1, 0.15) is 0 Å². The molecule has 0 amide bonds. The van der Waals surface area contributed by atoms with Crippen LogP contribution in [0, 0.1) is 17.8 Å². The molecule has 1 N–H and O–H groups in total. The van der Waals surface area contributed by atoms with Gasteiger partial charge in [-0.25, -0.2) is 0 Å². The molecule has 0 aromatic heterocycles. The van der Waals surface area contributed by atoms with Gasteiger partial charge in [0.25, 0.3) is 0 Å². The van der Waals surface area contributed by atoms with E-state index in [1.165, 1.54) is 180 Å². The minimum atomic E-state index is 0.0130. The molecular formula is C51H99NO5. The molecule has 1 rings (SSSR count). The maximum absolute atomic E-state index is 12.4. The summed E-state index contributed by atoms with van der Waals surface area (Å²) in [6, 6.07) is 0.619. The Morgan fingerprint density at radius 2 is 0.825 bits per heavy atom. The fourth-order valence-corrected chi connectivity index (χ4v) is 8.79. The quantitative estimate of drug-likeness (QED) is 0.0489. The van der Waals surface area contributed by atoms with Crippen molar-refractivity contribution < 1.29 is 23.8 Å². The standard InChI is InChI=1S/C51H99NO5/c1-5-9-21-29-46(30-22-10-6-2)39-43-56-50(53)35-27-19-15-13-17-25-33-49(52-45-48-37-41-55-42-38-48)34-26-18-14-16-20-28-36-51(54)57-44-40-47(31-23-11-7-3)32-24-12-8-4/h46-49,52H,5-45H2,1-4H3. The van der Waals surface area contributed by atoms with Gasteiger partial charge in [0.2, 0.25) is 0 Å². The molecule has 6 heteroatoms. The third kappa shape index (κ3) is 35.3. The van der Waals surface area contributed by atoms with Crippen LogP contribution in [0.2, 0.25) is 0 Å². The molecule has 0 aromatic carbocycles. The van der Waals surface area contributed by atoms with Gasteiger partial charge in [0.15, 0.2) is 0 Å². The Balaban J connectivity index is 2.18. The van der Waals surface area contributed by atoms with Crippen LogP contribution in [0.3, 0.4) is 0 Å². The molecule has 0 unspecified atom stereocenters. The zero-order valence-corrected chi connectivity index (χ0v) is 38.8. The van der Waals surface area contributed by atoms with Gasteiger partial charge in [-0.05, 0) is 75.7 Å². The number of carbonyl (C=O) groups is 2. The minimum Gasteiger partial charge on any atom is -0.466 e. The number of esters is 2. The molecule has 338 valence electrons. The van der Waals surface area contributed by atoms with Crippen LogP contribution in [0.4, 0.5) is 0 Å². The van der Waals surface area contributed by atoms with Crippen LogP contribution < -0.4 is 5.32 Å². The topological polar surface area (TPSA) is 73.9 Å². The van der Waals surface area contributed by atoms with Crippen molar-refractivity contribution >= 4 is 11.9 Å². The number of hydrogen-bond donors (Lipinski definition) is 1. The minimum absolute atomic E-state index is 0.0130. The fraction of sp³-hybridized carbons (Fsp3) is 0.961. The highest BCUT2D eigenvalue weighted by Gasteiger charge is 2.17. The lowest BCUT2D eigenvalue weighted by atomic mass is 9.92. The highest BCUT2D eigenvalue weighted by molar-refractivity contribution is 5.69. The van der Waals surface area contributed by atoms with Gasteiger partial charge in [-0.2, -0.15) is 0 Å². The van der Waals surface area contributed by atoms with E-state index in [0.717, 1.165) is 76.0 Å². The average molecular weight is 806 g/mol. The highest BCUT2D eigenvalue weighted by Crippen LogP contribution is 2.23. The van der Waals surface area contributed by atoms with Crippen molar-refractivity contribution in [3.05, 3.63) is 0 Å². The van der Waals surface area contributed by atoms with Crippen molar-refractivity contribution in [3.8, 4) is 0 Å². The Morgan fingerprint density at radius 3 is 1.21 bits per heavy atom. The second-order valence-corrected chi connectivity index (χ2v) is 18.2. The van der Waals surface area contributed by atoms with Crippen LogP contribution in [-0.4, -0.2) is 51.0 Å². The molecule has 0 bridgehead atoms. The molecular weight excluding hydrogens is 707 g/mol. The molecule has 6 nitrogen and oxygen atoms in total. The summed E-state index contributed by atoms with van der Waals surface area (Å²) in [5.74, 6) is 2.23. The lowest BCUT2D eigenvalue weighted by molar-refractivity contribution is -0.145. The van der Waals surface area contributed by atoms with Crippen molar-refractivity contribution in [2.75, 3.05) is 33.0 Å². The van der Waals surface area contributed by atoms with Gasteiger partial charge >= 0.3 is 11.9 Å². The first kappa shape index (κ1) is 53.9. The van der Waals surface area contributed by atoms with Gasteiger partial charge in [0.05, 0.1) is 13.2 Å². The van der Waals surface area contributed by atoms with Gasteiger partial charge in [-0.1, -0.05) is 195 Å². The van der Waals surface area contributed by atoms with E-state index in [0.29, 0.717) is 32.1 Å². The van der Waals surface area contributed by atoms with Gasteiger partial charge in [-0.15, -0.1) is 0 Å². The van der Waals surface area contributed by atoms with E-state index in [2.05, 4.69) is 33.0 Å². The monoisotopic (exact) mass is 806 g/mol. The third-order valence-corrected chi connectivity index (χ3v) is 12.8. The molecule has 1 saturated heterocycles. The van der Waals surface area contributed by atoms with Gasteiger partial charge < -0.3 is 19.5 Å². The first-order chi connectivity index (χ1) is 28.0. The Bertz CT molecular complexity index is 783. The van der Waals surface area contributed by atoms with Crippen molar-refractivity contribution in [1.29, 1.82) is 0 Å². The summed E-state index contributed by atoms with van der Waals surface area (Å²) in [6.07, 6.45) is 43.3. The van der Waals surface area contributed by atoms with E-state index in [-0.39, 0.29) is 11.9 Å². The molecule has 1 aliphatic heterocycles. The van der Waals surface area contributed by atoms with E-state index in [4.69, 9.17) is 14.2 Å². The maximum Gasteiger partial charge on any atom is 0.305 e. The molecule has 1 fully saturated rings. The second-order valence-electron chi connectivity index (χ2n) is 18.2. The molecule has 0 aromatic rings. The smallest absolute Gasteiger partial charge is 0.305 e. The predicted octanol–water partition coefficient (Wildman–Crippen LogP) is 15.0. The van der Waals surface area contributed by atoms with Crippen molar-refractivity contribution in [3.63, 3.8) is 0 Å². The SMILES string of the molecule is CCCCCC(CCCCC)CCOC(=O)CCCCCCCCC(CCCCCCCCC(=O)OCCC(CCCCC)CCCCC)NCC1CCOCC1. The van der Waals surface area contributed by atoms with Crippen LogP contribution in [0.1, 0.15) is 259 Å². The molecule has 0 saturated carbocycles.